The highest BCUT2D eigenvalue weighted by Gasteiger charge is 2.27. The van der Waals surface area contributed by atoms with Gasteiger partial charge in [-0.1, -0.05) is 0 Å². The minimum absolute atomic E-state index is 0.229. The molecule has 14 heavy (non-hydrogen) atoms. The molecule has 0 saturated carbocycles. The van der Waals surface area contributed by atoms with E-state index in [2.05, 4.69) is 4.98 Å². The molecule has 1 heterocycles. The standard InChI is InChI=1S/C6H3F3N2O3/c7-2-1-3(12)6(11(13)14)10-4(2)5(8)9/h1,5,12H. The lowest BCUT2D eigenvalue weighted by atomic mass is 10.3. The van der Waals surface area contributed by atoms with E-state index in [1.54, 1.807) is 0 Å². The first-order chi connectivity index (χ1) is 6.43. The summed E-state index contributed by atoms with van der Waals surface area (Å²) < 4.78 is 36.6. The minimum atomic E-state index is -3.27. The zero-order chi connectivity index (χ0) is 10.9. The molecule has 0 radical (unpaired) electrons. The van der Waals surface area contributed by atoms with Gasteiger partial charge in [0, 0.05) is 6.07 Å². The van der Waals surface area contributed by atoms with Crippen LogP contribution in [0.1, 0.15) is 12.1 Å². The van der Waals surface area contributed by atoms with E-state index in [0.29, 0.717) is 0 Å². The summed E-state index contributed by atoms with van der Waals surface area (Å²) in [6.07, 6.45) is -3.27. The Morgan fingerprint density at radius 2 is 2.14 bits per heavy atom. The number of hydrogen-bond donors (Lipinski definition) is 1. The molecule has 1 aromatic rings. The minimum Gasteiger partial charge on any atom is -0.501 e. The molecule has 0 unspecified atom stereocenters. The fourth-order valence-electron chi connectivity index (χ4n) is 0.771. The van der Waals surface area contributed by atoms with Gasteiger partial charge in [-0.05, 0) is 9.91 Å². The summed E-state index contributed by atoms with van der Waals surface area (Å²) in [5.74, 6) is -3.76. The lowest BCUT2D eigenvalue weighted by molar-refractivity contribution is -0.390. The number of hydrogen-bond acceptors (Lipinski definition) is 4. The van der Waals surface area contributed by atoms with Crippen molar-refractivity contribution in [2.45, 2.75) is 6.43 Å². The first-order valence-electron chi connectivity index (χ1n) is 3.25. The largest absolute Gasteiger partial charge is 0.501 e. The summed E-state index contributed by atoms with van der Waals surface area (Å²) in [5.41, 5.74) is -1.35. The Kier molecular flexibility index (Phi) is 2.54. The lowest BCUT2D eigenvalue weighted by Crippen LogP contribution is -2.00. The maximum Gasteiger partial charge on any atom is 0.406 e. The Morgan fingerprint density at radius 1 is 1.57 bits per heavy atom. The van der Waals surface area contributed by atoms with Crippen molar-refractivity contribution in [3.8, 4) is 5.75 Å². The quantitative estimate of drug-likeness (QED) is 0.593. The molecule has 0 aromatic carbocycles. The molecule has 0 fully saturated rings. The molecule has 76 valence electrons. The summed E-state index contributed by atoms with van der Waals surface area (Å²) in [5, 5.41) is 18.9. The summed E-state index contributed by atoms with van der Waals surface area (Å²) >= 11 is 0. The number of alkyl halides is 2. The van der Waals surface area contributed by atoms with Gasteiger partial charge in [-0.15, -0.1) is 0 Å². The fourth-order valence-corrected chi connectivity index (χ4v) is 0.771. The Morgan fingerprint density at radius 3 is 2.57 bits per heavy atom. The summed E-state index contributed by atoms with van der Waals surface area (Å²) in [7, 11) is 0. The van der Waals surface area contributed by atoms with E-state index in [1.807, 2.05) is 0 Å². The van der Waals surface area contributed by atoms with E-state index in [4.69, 9.17) is 5.11 Å². The molecule has 0 saturated heterocycles. The molecule has 0 aliphatic heterocycles. The average molecular weight is 208 g/mol. The van der Waals surface area contributed by atoms with E-state index in [-0.39, 0.29) is 6.07 Å². The molecule has 0 bridgehead atoms. The third-order valence-electron chi connectivity index (χ3n) is 1.34. The smallest absolute Gasteiger partial charge is 0.406 e. The molecule has 8 heteroatoms. The van der Waals surface area contributed by atoms with Crippen LogP contribution >= 0.6 is 0 Å². The van der Waals surface area contributed by atoms with Crippen LogP contribution in [0.3, 0.4) is 0 Å². The molecule has 0 spiro atoms. The molecule has 1 N–H and O–H groups in total. The lowest BCUT2D eigenvalue weighted by Gasteiger charge is -1.99. The van der Waals surface area contributed by atoms with Gasteiger partial charge in [0.2, 0.25) is 5.75 Å². The van der Waals surface area contributed by atoms with E-state index in [0.717, 1.165) is 0 Å². The number of halogens is 3. The highest BCUT2D eigenvalue weighted by Crippen LogP contribution is 2.29. The van der Waals surface area contributed by atoms with Crippen molar-refractivity contribution in [2.24, 2.45) is 0 Å². The number of nitrogens with zero attached hydrogens (tertiary/aromatic N) is 2. The first-order valence-corrected chi connectivity index (χ1v) is 3.25. The van der Waals surface area contributed by atoms with Gasteiger partial charge in [-0.25, -0.2) is 13.2 Å². The van der Waals surface area contributed by atoms with Crippen LogP contribution in [-0.2, 0) is 0 Å². The maximum atomic E-state index is 12.6. The van der Waals surface area contributed by atoms with Crippen LogP contribution in [-0.4, -0.2) is 15.0 Å². The summed E-state index contributed by atoms with van der Waals surface area (Å²) in [4.78, 5) is 11.6. The number of aromatic hydroxyl groups is 1. The van der Waals surface area contributed by atoms with Crippen molar-refractivity contribution < 1.29 is 23.2 Å². The summed E-state index contributed by atoms with van der Waals surface area (Å²) in [6, 6.07) is 0.229. The predicted molar refractivity (Wildman–Crippen MR) is 37.5 cm³/mol. The van der Waals surface area contributed by atoms with Crippen LogP contribution in [0.2, 0.25) is 0 Å². The van der Waals surface area contributed by atoms with Crippen molar-refractivity contribution in [3.63, 3.8) is 0 Å². The molecule has 0 aliphatic carbocycles. The second-order valence-corrected chi connectivity index (χ2v) is 2.26. The Hall–Kier alpha value is -1.86. The van der Waals surface area contributed by atoms with Crippen LogP contribution in [0.4, 0.5) is 19.0 Å². The zero-order valence-electron chi connectivity index (χ0n) is 6.45. The van der Waals surface area contributed by atoms with Crippen LogP contribution in [0, 0.1) is 15.9 Å². The van der Waals surface area contributed by atoms with E-state index < -0.39 is 34.4 Å². The van der Waals surface area contributed by atoms with Gasteiger partial charge in [0.15, 0.2) is 5.82 Å². The molecular weight excluding hydrogens is 205 g/mol. The molecule has 0 atom stereocenters. The molecular formula is C6H3F3N2O3. The third kappa shape index (κ3) is 1.73. The second kappa shape index (κ2) is 3.48. The highest BCUT2D eigenvalue weighted by molar-refractivity contribution is 5.39. The zero-order valence-corrected chi connectivity index (χ0v) is 6.45. The van der Waals surface area contributed by atoms with Crippen molar-refractivity contribution in [1.82, 2.24) is 4.98 Å². The Balaban J connectivity index is 3.34. The predicted octanol–water partition coefficient (Wildman–Crippen LogP) is 1.77. The first kappa shape index (κ1) is 10.2. The van der Waals surface area contributed by atoms with Crippen molar-refractivity contribution in [1.29, 1.82) is 0 Å². The van der Waals surface area contributed by atoms with Crippen LogP contribution in [0.5, 0.6) is 5.75 Å². The SMILES string of the molecule is O=[N+]([O-])c1nc(C(F)F)c(F)cc1O. The second-order valence-electron chi connectivity index (χ2n) is 2.26. The number of aromatic nitrogens is 1. The van der Waals surface area contributed by atoms with Crippen LogP contribution in [0.25, 0.3) is 0 Å². The van der Waals surface area contributed by atoms with Gasteiger partial charge in [0.05, 0.1) is 0 Å². The normalized spacial score (nSPS) is 10.6. The molecule has 1 aromatic heterocycles. The van der Waals surface area contributed by atoms with Gasteiger partial charge in [0.25, 0.3) is 5.69 Å². The van der Waals surface area contributed by atoms with Gasteiger partial charge in [0.1, 0.15) is 0 Å². The number of pyridine rings is 1. The van der Waals surface area contributed by atoms with E-state index in [1.165, 1.54) is 0 Å². The van der Waals surface area contributed by atoms with Crippen molar-refractivity contribution >= 4 is 5.82 Å². The van der Waals surface area contributed by atoms with Crippen LogP contribution in [0.15, 0.2) is 6.07 Å². The van der Waals surface area contributed by atoms with Gasteiger partial charge >= 0.3 is 12.2 Å². The number of nitro groups is 1. The van der Waals surface area contributed by atoms with E-state index >= 15 is 0 Å². The fraction of sp³-hybridized carbons (Fsp3) is 0.167. The monoisotopic (exact) mass is 208 g/mol. The maximum absolute atomic E-state index is 12.6. The van der Waals surface area contributed by atoms with Crippen LogP contribution < -0.4 is 0 Å². The third-order valence-corrected chi connectivity index (χ3v) is 1.34. The van der Waals surface area contributed by atoms with Crippen molar-refractivity contribution in [3.05, 3.63) is 27.7 Å². The number of rotatable bonds is 2. The van der Waals surface area contributed by atoms with Crippen molar-refractivity contribution in [2.75, 3.05) is 0 Å². The molecule has 1 rings (SSSR count). The highest BCUT2D eigenvalue weighted by atomic mass is 19.3. The van der Waals surface area contributed by atoms with Gasteiger partial charge in [-0.2, -0.15) is 0 Å². The van der Waals surface area contributed by atoms with E-state index in [9.17, 15) is 23.3 Å². The van der Waals surface area contributed by atoms with Gasteiger partial charge in [-0.3, -0.25) is 0 Å². The topological polar surface area (TPSA) is 76.3 Å². The average Bonchev–Trinajstić information content (AvgIpc) is 2.02. The molecule has 5 nitrogen and oxygen atoms in total. The Bertz CT molecular complexity index is 383. The molecule has 0 aliphatic rings. The molecule has 0 amide bonds. The Labute approximate surface area is 75.0 Å². The summed E-state index contributed by atoms with van der Waals surface area (Å²) in [6.45, 7) is 0. The van der Waals surface area contributed by atoms with Gasteiger partial charge < -0.3 is 15.2 Å².